The summed E-state index contributed by atoms with van der Waals surface area (Å²) in [7, 11) is 0. The van der Waals surface area contributed by atoms with Crippen LogP contribution < -0.4 is 0 Å². The van der Waals surface area contributed by atoms with Gasteiger partial charge in [0, 0.05) is 24.6 Å². The maximum Gasteiger partial charge on any atom is 0.262 e. The van der Waals surface area contributed by atoms with Gasteiger partial charge in [-0.3, -0.25) is 19.3 Å². The van der Waals surface area contributed by atoms with Gasteiger partial charge in [0.15, 0.2) is 0 Å². The molecule has 3 rings (SSSR count). The zero-order valence-corrected chi connectivity index (χ0v) is 14.1. The number of nitrogens with zero attached hydrogens (tertiary/aromatic N) is 2. The smallest absolute Gasteiger partial charge is 0.262 e. The lowest BCUT2D eigenvalue weighted by molar-refractivity contribution is -0.136. The van der Waals surface area contributed by atoms with Crippen molar-refractivity contribution in [1.29, 1.82) is 0 Å². The highest BCUT2D eigenvalue weighted by atomic mass is 32.2. The second kappa shape index (κ2) is 6.35. The molecule has 1 fully saturated rings. The number of carbonyl (C=O) groups excluding carboxylic acids is 3. The second-order valence-electron chi connectivity index (χ2n) is 6.15. The molecule has 0 N–H and O–H groups in total. The van der Waals surface area contributed by atoms with Gasteiger partial charge in [-0.1, -0.05) is 26.0 Å². The molecule has 1 aromatic carbocycles. The lowest BCUT2D eigenvalue weighted by Gasteiger charge is -2.35. The monoisotopic (exact) mass is 332 g/mol. The molecule has 1 unspecified atom stereocenters. The highest BCUT2D eigenvalue weighted by Crippen LogP contribution is 2.28. The van der Waals surface area contributed by atoms with Crippen molar-refractivity contribution >= 4 is 29.5 Å². The molecule has 2 aliphatic rings. The zero-order chi connectivity index (χ0) is 16.6. The van der Waals surface area contributed by atoms with Crippen LogP contribution in [-0.4, -0.2) is 58.2 Å². The Hall–Kier alpha value is -1.82. The van der Waals surface area contributed by atoms with Crippen LogP contribution in [0.4, 0.5) is 0 Å². The molecule has 3 amide bonds. The lowest BCUT2D eigenvalue weighted by Crippen LogP contribution is -2.54. The number of hydrogen-bond donors (Lipinski definition) is 0. The minimum Gasteiger partial charge on any atom is -0.339 e. The van der Waals surface area contributed by atoms with Gasteiger partial charge < -0.3 is 4.90 Å². The first kappa shape index (κ1) is 16.1. The number of hydrogen-bond acceptors (Lipinski definition) is 4. The summed E-state index contributed by atoms with van der Waals surface area (Å²) < 4.78 is 0. The van der Waals surface area contributed by atoms with E-state index in [1.165, 1.54) is 4.90 Å². The number of thioether (sulfide) groups is 1. The molecule has 0 bridgehead atoms. The molecule has 0 saturated carbocycles. The average molecular weight is 332 g/mol. The first-order valence-corrected chi connectivity index (χ1v) is 9.01. The Kier molecular flexibility index (Phi) is 4.43. The van der Waals surface area contributed by atoms with Crippen molar-refractivity contribution < 1.29 is 14.4 Å². The lowest BCUT2D eigenvalue weighted by atomic mass is 10.0. The fourth-order valence-electron chi connectivity index (χ4n) is 3.13. The van der Waals surface area contributed by atoms with Gasteiger partial charge in [0.2, 0.25) is 5.91 Å². The summed E-state index contributed by atoms with van der Waals surface area (Å²) in [6, 6.07) is 6.04. The second-order valence-corrected chi connectivity index (χ2v) is 7.38. The molecular formula is C17H20N2O3S. The Labute approximate surface area is 140 Å². The SMILES string of the molecule is CC(C)C(C(=O)N1CCSCC1)N1C(=O)c2ccccc2C1=O. The van der Waals surface area contributed by atoms with Crippen LogP contribution in [0, 0.1) is 5.92 Å². The number of carbonyl (C=O) groups is 3. The molecule has 122 valence electrons. The van der Waals surface area contributed by atoms with Crippen LogP contribution in [-0.2, 0) is 4.79 Å². The van der Waals surface area contributed by atoms with Crippen molar-refractivity contribution in [3.05, 3.63) is 35.4 Å². The first-order chi connectivity index (χ1) is 11.0. The topological polar surface area (TPSA) is 57.7 Å². The highest BCUT2D eigenvalue weighted by molar-refractivity contribution is 7.99. The van der Waals surface area contributed by atoms with Crippen molar-refractivity contribution in [2.45, 2.75) is 19.9 Å². The van der Waals surface area contributed by atoms with Gasteiger partial charge in [-0.05, 0) is 18.1 Å². The molecule has 5 nitrogen and oxygen atoms in total. The standard InChI is InChI=1S/C17H20N2O3S/c1-11(2)14(17(22)18-7-9-23-10-8-18)19-15(20)12-5-3-4-6-13(12)16(19)21/h3-6,11,14H,7-10H2,1-2H3. The summed E-state index contributed by atoms with van der Waals surface area (Å²) in [4.78, 5) is 41.2. The Morgan fingerprint density at radius 3 is 2.04 bits per heavy atom. The Morgan fingerprint density at radius 1 is 1.04 bits per heavy atom. The van der Waals surface area contributed by atoms with E-state index in [1.807, 2.05) is 25.6 Å². The van der Waals surface area contributed by atoms with E-state index in [9.17, 15) is 14.4 Å². The largest absolute Gasteiger partial charge is 0.339 e. The van der Waals surface area contributed by atoms with Crippen molar-refractivity contribution in [3.8, 4) is 0 Å². The molecule has 1 aromatic rings. The van der Waals surface area contributed by atoms with Crippen LogP contribution in [0.15, 0.2) is 24.3 Å². The maximum atomic E-state index is 12.9. The number of imide groups is 1. The van der Waals surface area contributed by atoms with Crippen LogP contribution in [0.5, 0.6) is 0 Å². The van der Waals surface area contributed by atoms with Crippen LogP contribution in [0.3, 0.4) is 0 Å². The van der Waals surface area contributed by atoms with Crippen LogP contribution in [0.1, 0.15) is 34.6 Å². The van der Waals surface area contributed by atoms with Crippen molar-refractivity contribution in [3.63, 3.8) is 0 Å². The molecule has 0 spiro atoms. The van der Waals surface area contributed by atoms with Crippen molar-refractivity contribution in [2.75, 3.05) is 24.6 Å². The number of rotatable bonds is 3. The molecule has 0 radical (unpaired) electrons. The third-order valence-corrected chi connectivity index (χ3v) is 5.25. The predicted octanol–water partition coefficient (Wildman–Crippen LogP) is 1.88. The Balaban J connectivity index is 1.92. The third kappa shape index (κ3) is 2.76. The zero-order valence-electron chi connectivity index (χ0n) is 13.3. The van der Waals surface area contributed by atoms with Crippen LogP contribution >= 0.6 is 11.8 Å². The van der Waals surface area contributed by atoms with Gasteiger partial charge >= 0.3 is 0 Å². The van der Waals surface area contributed by atoms with Crippen molar-refractivity contribution in [2.24, 2.45) is 5.92 Å². The molecule has 23 heavy (non-hydrogen) atoms. The van der Waals surface area contributed by atoms with Gasteiger partial charge in [-0.2, -0.15) is 11.8 Å². The molecule has 6 heteroatoms. The molecule has 1 atom stereocenters. The highest BCUT2D eigenvalue weighted by Gasteiger charge is 2.45. The molecule has 0 aliphatic carbocycles. The van der Waals surface area contributed by atoms with E-state index in [-0.39, 0.29) is 23.6 Å². The third-order valence-electron chi connectivity index (χ3n) is 4.31. The Bertz CT molecular complexity index is 618. The van der Waals surface area contributed by atoms with E-state index in [0.29, 0.717) is 24.2 Å². The average Bonchev–Trinajstić information content (AvgIpc) is 2.81. The fraction of sp³-hybridized carbons (Fsp3) is 0.471. The van der Waals surface area contributed by atoms with Gasteiger partial charge in [-0.15, -0.1) is 0 Å². The summed E-state index contributed by atoms with van der Waals surface area (Å²) in [6.45, 7) is 5.11. The van der Waals surface area contributed by atoms with Crippen molar-refractivity contribution in [1.82, 2.24) is 9.80 Å². The summed E-state index contributed by atoms with van der Waals surface area (Å²) in [5.74, 6) is 0.847. The molecule has 2 heterocycles. The number of fused-ring (bicyclic) bond motifs is 1. The summed E-state index contributed by atoms with van der Waals surface area (Å²) in [5, 5.41) is 0. The first-order valence-electron chi connectivity index (χ1n) is 7.86. The normalized spacial score (nSPS) is 19.3. The van der Waals surface area contributed by atoms with Gasteiger partial charge in [0.25, 0.3) is 11.8 Å². The van der Waals surface area contributed by atoms with Crippen LogP contribution in [0.2, 0.25) is 0 Å². The molecule has 0 aromatic heterocycles. The molecular weight excluding hydrogens is 312 g/mol. The van der Waals surface area contributed by atoms with E-state index >= 15 is 0 Å². The molecule has 2 aliphatic heterocycles. The van der Waals surface area contributed by atoms with E-state index in [1.54, 1.807) is 29.2 Å². The van der Waals surface area contributed by atoms with Gasteiger partial charge in [0.1, 0.15) is 6.04 Å². The maximum absolute atomic E-state index is 12.9. The fourth-order valence-corrected chi connectivity index (χ4v) is 4.03. The summed E-state index contributed by atoms with van der Waals surface area (Å²) in [6.07, 6.45) is 0. The quantitative estimate of drug-likeness (QED) is 0.793. The van der Waals surface area contributed by atoms with E-state index in [0.717, 1.165) is 11.5 Å². The van der Waals surface area contributed by atoms with E-state index in [4.69, 9.17) is 0 Å². The minimum absolute atomic E-state index is 0.116. The molecule has 1 saturated heterocycles. The number of amides is 3. The van der Waals surface area contributed by atoms with Crippen LogP contribution in [0.25, 0.3) is 0 Å². The summed E-state index contributed by atoms with van der Waals surface area (Å²) in [5.41, 5.74) is 0.787. The van der Waals surface area contributed by atoms with E-state index < -0.39 is 6.04 Å². The minimum atomic E-state index is -0.731. The Morgan fingerprint density at radius 2 is 1.57 bits per heavy atom. The van der Waals surface area contributed by atoms with Gasteiger partial charge in [0.05, 0.1) is 11.1 Å². The summed E-state index contributed by atoms with van der Waals surface area (Å²) >= 11 is 1.82. The number of benzene rings is 1. The van der Waals surface area contributed by atoms with E-state index in [2.05, 4.69) is 0 Å². The van der Waals surface area contributed by atoms with Gasteiger partial charge in [-0.25, -0.2) is 0 Å². The predicted molar refractivity (Wildman–Crippen MR) is 89.5 cm³/mol.